The van der Waals surface area contributed by atoms with Gasteiger partial charge in [-0.15, -0.1) is 0 Å². The summed E-state index contributed by atoms with van der Waals surface area (Å²) in [4.78, 5) is 12.0. The Kier molecular flexibility index (Phi) is 8.63. The standard InChI is InChI=1S/C29H21F9O2/c1-16(2)9-25(26(39)40)21-11-17(10-20(14-21)19-5-7-22(8-6-19)27(30,31)32)3-4-18-12-23(28(33,34)35)15-24(13-18)29(36,37)38/h5-8,10-16,25H,9H2,1-2H3,(H,39,40). The van der Waals surface area contributed by atoms with Gasteiger partial charge in [-0.2, -0.15) is 39.5 Å². The average Bonchev–Trinajstić information content (AvgIpc) is 2.84. The smallest absolute Gasteiger partial charge is 0.416 e. The minimum Gasteiger partial charge on any atom is -0.481 e. The molecular formula is C29H21F9O2. The highest BCUT2D eigenvalue weighted by Gasteiger charge is 2.37. The first kappa shape index (κ1) is 30.6. The van der Waals surface area contributed by atoms with Gasteiger partial charge in [0.1, 0.15) is 0 Å². The maximum atomic E-state index is 13.2. The van der Waals surface area contributed by atoms with Crippen molar-refractivity contribution in [3.05, 3.63) is 94.0 Å². The predicted octanol–water partition coefficient (Wildman–Crippen LogP) is 9.02. The second kappa shape index (κ2) is 11.3. The molecule has 0 aliphatic heterocycles. The van der Waals surface area contributed by atoms with Gasteiger partial charge in [0, 0.05) is 11.1 Å². The van der Waals surface area contributed by atoms with E-state index in [1.54, 1.807) is 13.8 Å². The number of carboxylic acid groups (broad SMARTS) is 1. The van der Waals surface area contributed by atoms with Gasteiger partial charge in [0.25, 0.3) is 0 Å². The van der Waals surface area contributed by atoms with Crippen LogP contribution in [0.2, 0.25) is 0 Å². The second-order valence-electron chi connectivity index (χ2n) is 9.48. The highest BCUT2D eigenvalue weighted by molar-refractivity contribution is 5.78. The SMILES string of the molecule is CC(C)CC(C(=O)O)c1cc(C#Cc2cc(C(F)(F)F)cc(C(F)(F)F)c2)cc(-c2ccc(C(F)(F)F)cc2)c1. The van der Waals surface area contributed by atoms with Gasteiger partial charge in [-0.1, -0.05) is 43.9 Å². The van der Waals surface area contributed by atoms with E-state index in [1.807, 2.05) is 0 Å². The van der Waals surface area contributed by atoms with E-state index >= 15 is 0 Å². The summed E-state index contributed by atoms with van der Waals surface area (Å²) >= 11 is 0. The Hall–Kier alpha value is -3.94. The van der Waals surface area contributed by atoms with Crippen molar-refractivity contribution in [1.29, 1.82) is 0 Å². The molecule has 0 amide bonds. The monoisotopic (exact) mass is 572 g/mol. The van der Waals surface area contributed by atoms with E-state index in [0.29, 0.717) is 12.1 Å². The molecule has 2 nitrogen and oxygen atoms in total. The number of rotatable bonds is 5. The van der Waals surface area contributed by atoms with Crippen molar-refractivity contribution in [2.24, 2.45) is 5.92 Å². The Bertz CT molecular complexity index is 1400. The minimum atomic E-state index is -5.07. The van der Waals surface area contributed by atoms with Crippen molar-refractivity contribution in [2.45, 2.75) is 44.7 Å². The molecule has 212 valence electrons. The molecule has 0 bridgehead atoms. The summed E-state index contributed by atoms with van der Waals surface area (Å²) in [7, 11) is 0. The lowest BCUT2D eigenvalue weighted by Crippen LogP contribution is -2.14. The van der Waals surface area contributed by atoms with E-state index in [1.165, 1.54) is 30.3 Å². The van der Waals surface area contributed by atoms with Gasteiger partial charge in [-0.25, -0.2) is 0 Å². The topological polar surface area (TPSA) is 37.3 Å². The van der Waals surface area contributed by atoms with Crippen LogP contribution in [0.1, 0.15) is 59.6 Å². The van der Waals surface area contributed by atoms with E-state index in [4.69, 9.17) is 0 Å². The van der Waals surface area contributed by atoms with Crippen LogP contribution in [0.4, 0.5) is 39.5 Å². The molecule has 0 fully saturated rings. The molecule has 0 heterocycles. The highest BCUT2D eigenvalue weighted by Crippen LogP contribution is 2.37. The molecule has 0 radical (unpaired) electrons. The largest absolute Gasteiger partial charge is 0.481 e. The molecule has 40 heavy (non-hydrogen) atoms. The molecule has 0 aliphatic rings. The Labute approximate surface area is 223 Å². The quantitative estimate of drug-likeness (QED) is 0.245. The Morgan fingerprint density at radius 2 is 1.15 bits per heavy atom. The third-order valence-corrected chi connectivity index (χ3v) is 5.85. The van der Waals surface area contributed by atoms with Crippen LogP contribution in [0, 0.1) is 17.8 Å². The van der Waals surface area contributed by atoms with Crippen LogP contribution in [-0.4, -0.2) is 11.1 Å². The maximum Gasteiger partial charge on any atom is 0.416 e. The third kappa shape index (κ3) is 7.81. The van der Waals surface area contributed by atoms with Crippen LogP contribution in [0.15, 0.2) is 60.7 Å². The van der Waals surface area contributed by atoms with Gasteiger partial charge in [0.05, 0.1) is 22.6 Å². The minimum absolute atomic E-state index is 0.0299. The van der Waals surface area contributed by atoms with Crippen molar-refractivity contribution in [1.82, 2.24) is 0 Å². The van der Waals surface area contributed by atoms with E-state index < -0.39 is 52.7 Å². The zero-order chi connectivity index (χ0) is 30.0. The van der Waals surface area contributed by atoms with Crippen molar-refractivity contribution < 1.29 is 49.4 Å². The van der Waals surface area contributed by atoms with Crippen LogP contribution in [0.25, 0.3) is 11.1 Å². The maximum absolute atomic E-state index is 13.2. The van der Waals surface area contributed by atoms with Crippen molar-refractivity contribution in [2.75, 3.05) is 0 Å². The fourth-order valence-corrected chi connectivity index (χ4v) is 3.97. The first-order chi connectivity index (χ1) is 18.3. The van der Waals surface area contributed by atoms with Gasteiger partial charge in [-0.05, 0) is 71.5 Å². The lowest BCUT2D eigenvalue weighted by molar-refractivity contribution is -0.143. The lowest BCUT2D eigenvalue weighted by Gasteiger charge is -2.17. The average molecular weight is 572 g/mol. The second-order valence-corrected chi connectivity index (χ2v) is 9.48. The van der Waals surface area contributed by atoms with Crippen molar-refractivity contribution in [3.63, 3.8) is 0 Å². The highest BCUT2D eigenvalue weighted by atomic mass is 19.4. The summed E-state index contributed by atoms with van der Waals surface area (Å²) in [5.74, 6) is 2.46. The summed E-state index contributed by atoms with van der Waals surface area (Å²) in [5, 5.41) is 9.80. The molecule has 1 unspecified atom stereocenters. The van der Waals surface area contributed by atoms with Gasteiger partial charge < -0.3 is 5.11 Å². The number of benzene rings is 3. The van der Waals surface area contributed by atoms with Crippen LogP contribution >= 0.6 is 0 Å². The van der Waals surface area contributed by atoms with E-state index in [-0.39, 0.29) is 40.7 Å². The van der Waals surface area contributed by atoms with Crippen LogP contribution in [0.3, 0.4) is 0 Å². The number of halogens is 9. The predicted molar refractivity (Wildman–Crippen MR) is 129 cm³/mol. The van der Waals surface area contributed by atoms with Gasteiger partial charge in [-0.3, -0.25) is 4.79 Å². The number of aliphatic carboxylic acids is 1. The molecule has 3 rings (SSSR count). The summed E-state index contributed by atoms with van der Waals surface area (Å²) in [6, 6.07) is 9.06. The molecule has 11 heteroatoms. The Balaban J connectivity index is 2.19. The fraction of sp³-hybridized carbons (Fsp3) is 0.276. The summed E-state index contributed by atoms with van der Waals surface area (Å²) in [6.45, 7) is 3.56. The summed E-state index contributed by atoms with van der Waals surface area (Å²) in [6.07, 6.45) is -14.6. The Morgan fingerprint density at radius 3 is 1.57 bits per heavy atom. The summed E-state index contributed by atoms with van der Waals surface area (Å²) < 4.78 is 118. The molecule has 1 N–H and O–H groups in total. The third-order valence-electron chi connectivity index (χ3n) is 5.85. The molecule has 0 aliphatic carbocycles. The fourth-order valence-electron chi connectivity index (χ4n) is 3.97. The number of carboxylic acids is 1. The summed E-state index contributed by atoms with van der Waals surface area (Å²) in [5.41, 5.74) is -3.78. The Morgan fingerprint density at radius 1 is 0.675 bits per heavy atom. The molecular weight excluding hydrogens is 551 g/mol. The first-order valence-electron chi connectivity index (χ1n) is 11.7. The molecule has 0 aromatic heterocycles. The number of hydrogen-bond acceptors (Lipinski definition) is 1. The molecule has 0 saturated heterocycles. The molecule has 3 aromatic rings. The molecule has 3 aromatic carbocycles. The number of alkyl halides is 9. The normalized spacial score (nSPS) is 13.1. The van der Waals surface area contributed by atoms with E-state index in [2.05, 4.69) is 11.8 Å². The lowest BCUT2D eigenvalue weighted by atomic mass is 9.87. The molecule has 1 atom stereocenters. The zero-order valence-corrected chi connectivity index (χ0v) is 20.9. The first-order valence-corrected chi connectivity index (χ1v) is 11.7. The van der Waals surface area contributed by atoms with Gasteiger partial charge in [0.2, 0.25) is 0 Å². The van der Waals surface area contributed by atoms with Gasteiger partial charge in [0.15, 0.2) is 0 Å². The number of carbonyl (C=O) groups is 1. The molecule has 0 saturated carbocycles. The van der Waals surface area contributed by atoms with Crippen molar-refractivity contribution >= 4 is 5.97 Å². The van der Waals surface area contributed by atoms with Crippen molar-refractivity contribution in [3.8, 4) is 23.0 Å². The van der Waals surface area contributed by atoms with Gasteiger partial charge >= 0.3 is 24.5 Å². The van der Waals surface area contributed by atoms with Crippen LogP contribution in [-0.2, 0) is 23.3 Å². The molecule has 0 spiro atoms. The number of hydrogen-bond donors (Lipinski definition) is 1. The van der Waals surface area contributed by atoms with E-state index in [9.17, 15) is 49.4 Å². The van der Waals surface area contributed by atoms with E-state index in [0.717, 1.165) is 12.1 Å². The van der Waals surface area contributed by atoms with Crippen LogP contribution in [0.5, 0.6) is 0 Å². The zero-order valence-electron chi connectivity index (χ0n) is 20.9. The van der Waals surface area contributed by atoms with Crippen LogP contribution < -0.4 is 0 Å².